The van der Waals surface area contributed by atoms with Crippen molar-refractivity contribution in [1.29, 1.82) is 0 Å². The van der Waals surface area contributed by atoms with E-state index in [4.69, 9.17) is 0 Å². The van der Waals surface area contributed by atoms with Crippen LogP contribution < -0.4 is 0 Å². The van der Waals surface area contributed by atoms with Gasteiger partial charge in [-0.1, -0.05) is 13.3 Å². The molecule has 0 aromatic carbocycles. The van der Waals surface area contributed by atoms with Crippen molar-refractivity contribution in [3.63, 3.8) is 0 Å². The van der Waals surface area contributed by atoms with Crippen molar-refractivity contribution >= 4 is 0 Å². The maximum Gasteiger partial charge on any atom is 0.142 e. The number of nitrogens with zero attached hydrogens (tertiary/aromatic N) is 3. The van der Waals surface area contributed by atoms with Crippen LogP contribution in [0.4, 0.5) is 0 Å². The fourth-order valence-corrected chi connectivity index (χ4v) is 1.77. The standard InChI is InChI=1S/C12H21N3/c1-6-7-11-9(2)13-12(8-15(4)5)14-10(11)3/h6-8H2,1-5H3. The highest BCUT2D eigenvalue weighted by atomic mass is 15.1. The van der Waals surface area contributed by atoms with E-state index in [1.54, 1.807) is 0 Å². The molecule has 0 spiro atoms. The van der Waals surface area contributed by atoms with Gasteiger partial charge in [0.25, 0.3) is 0 Å². The molecular formula is C12H21N3. The zero-order valence-electron chi connectivity index (χ0n) is 10.5. The van der Waals surface area contributed by atoms with Gasteiger partial charge < -0.3 is 4.90 Å². The lowest BCUT2D eigenvalue weighted by Gasteiger charge is -2.12. The van der Waals surface area contributed by atoms with Gasteiger partial charge >= 0.3 is 0 Å². The lowest BCUT2D eigenvalue weighted by atomic mass is 10.1. The maximum absolute atomic E-state index is 4.54. The first-order valence-electron chi connectivity index (χ1n) is 5.52. The zero-order valence-corrected chi connectivity index (χ0v) is 10.5. The lowest BCUT2D eigenvalue weighted by Crippen LogP contribution is -2.15. The Kier molecular flexibility index (Phi) is 4.21. The summed E-state index contributed by atoms with van der Waals surface area (Å²) in [5.74, 6) is 0.926. The first-order valence-corrected chi connectivity index (χ1v) is 5.52. The minimum Gasteiger partial charge on any atom is -0.302 e. The minimum absolute atomic E-state index is 0.814. The molecule has 0 radical (unpaired) electrons. The van der Waals surface area contributed by atoms with Gasteiger partial charge in [0.1, 0.15) is 5.82 Å². The average molecular weight is 207 g/mol. The molecule has 0 fully saturated rings. The highest BCUT2D eigenvalue weighted by Crippen LogP contribution is 2.12. The van der Waals surface area contributed by atoms with Gasteiger partial charge in [-0.2, -0.15) is 0 Å². The summed E-state index contributed by atoms with van der Waals surface area (Å²) in [6, 6.07) is 0. The predicted octanol–water partition coefficient (Wildman–Crippen LogP) is 2.11. The molecule has 0 saturated heterocycles. The summed E-state index contributed by atoms with van der Waals surface area (Å²) in [6.07, 6.45) is 2.23. The first kappa shape index (κ1) is 12.1. The monoisotopic (exact) mass is 207 g/mol. The number of hydrogen-bond acceptors (Lipinski definition) is 3. The Bertz CT molecular complexity index is 309. The molecule has 0 aliphatic heterocycles. The van der Waals surface area contributed by atoms with Gasteiger partial charge in [0, 0.05) is 11.4 Å². The smallest absolute Gasteiger partial charge is 0.142 e. The predicted molar refractivity (Wildman–Crippen MR) is 62.9 cm³/mol. The SMILES string of the molecule is CCCc1c(C)nc(CN(C)C)nc1C. The van der Waals surface area contributed by atoms with E-state index in [-0.39, 0.29) is 0 Å². The molecule has 0 unspecified atom stereocenters. The van der Waals surface area contributed by atoms with Crippen LogP contribution in [0.15, 0.2) is 0 Å². The van der Waals surface area contributed by atoms with E-state index in [1.807, 2.05) is 14.1 Å². The second-order valence-electron chi connectivity index (χ2n) is 4.28. The molecule has 0 aliphatic rings. The molecule has 84 valence electrons. The van der Waals surface area contributed by atoms with E-state index in [9.17, 15) is 0 Å². The van der Waals surface area contributed by atoms with Crippen LogP contribution in [-0.2, 0) is 13.0 Å². The van der Waals surface area contributed by atoms with Crippen molar-refractivity contribution in [2.75, 3.05) is 14.1 Å². The summed E-state index contributed by atoms with van der Waals surface area (Å²) in [7, 11) is 4.07. The normalized spacial score (nSPS) is 11.1. The molecule has 0 bridgehead atoms. The van der Waals surface area contributed by atoms with Gasteiger partial charge in [-0.15, -0.1) is 0 Å². The summed E-state index contributed by atoms with van der Waals surface area (Å²) >= 11 is 0. The Labute approximate surface area is 92.6 Å². The Balaban J connectivity index is 2.97. The summed E-state index contributed by atoms with van der Waals surface area (Å²) in [5, 5.41) is 0. The molecule has 1 rings (SSSR count). The van der Waals surface area contributed by atoms with E-state index >= 15 is 0 Å². The summed E-state index contributed by atoms with van der Waals surface area (Å²) in [4.78, 5) is 11.2. The molecule has 0 N–H and O–H groups in total. The van der Waals surface area contributed by atoms with Gasteiger partial charge in [-0.3, -0.25) is 0 Å². The molecule has 0 aliphatic carbocycles. The van der Waals surface area contributed by atoms with Gasteiger partial charge in [-0.05, 0) is 39.9 Å². The van der Waals surface area contributed by atoms with Crippen molar-refractivity contribution in [2.24, 2.45) is 0 Å². The van der Waals surface area contributed by atoms with Crippen molar-refractivity contribution < 1.29 is 0 Å². The molecule has 3 nitrogen and oxygen atoms in total. The number of aromatic nitrogens is 2. The quantitative estimate of drug-likeness (QED) is 0.757. The number of rotatable bonds is 4. The van der Waals surface area contributed by atoms with Crippen LogP contribution in [-0.4, -0.2) is 29.0 Å². The third kappa shape index (κ3) is 3.27. The lowest BCUT2D eigenvalue weighted by molar-refractivity contribution is 0.389. The maximum atomic E-state index is 4.54. The Hall–Kier alpha value is -0.960. The molecule has 0 amide bonds. The van der Waals surface area contributed by atoms with E-state index in [2.05, 4.69) is 35.6 Å². The third-order valence-electron chi connectivity index (χ3n) is 2.42. The second kappa shape index (κ2) is 5.21. The van der Waals surface area contributed by atoms with Crippen LogP contribution in [0, 0.1) is 13.8 Å². The van der Waals surface area contributed by atoms with Gasteiger partial charge in [0.2, 0.25) is 0 Å². The van der Waals surface area contributed by atoms with Crippen LogP contribution in [0.5, 0.6) is 0 Å². The Morgan fingerprint density at radius 1 is 1.07 bits per heavy atom. The van der Waals surface area contributed by atoms with Crippen LogP contribution in [0.25, 0.3) is 0 Å². The molecule has 3 heteroatoms. The molecule has 1 aromatic heterocycles. The topological polar surface area (TPSA) is 29.0 Å². The third-order valence-corrected chi connectivity index (χ3v) is 2.42. The van der Waals surface area contributed by atoms with Gasteiger partial charge in [-0.25, -0.2) is 9.97 Å². The summed E-state index contributed by atoms with van der Waals surface area (Å²) < 4.78 is 0. The highest BCUT2D eigenvalue weighted by molar-refractivity contribution is 5.24. The van der Waals surface area contributed by atoms with E-state index in [1.165, 1.54) is 5.56 Å². The summed E-state index contributed by atoms with van der Waals surface area (Å²) in [6.45, 7) is 7.17. The van der Waals surface area contributed by atoms with Crippen molar-refractivity contribution in [3.8, 4) is 0 Å². The van der Waals surface area contributed by atoms with Crippen LogP contribution in [0.3, 0.4) is 0 Å². The average Bonchev–Trinajstić information content (AvgIpc) is 2.10. The molecule has 1 aromatic rings. The first-order chi connectivity index (χ1) is 7.04. The van der Waals surface area contributed by atoms with Crippen LogP contribution in [0.1, 0.15) is 36.1 Å². The molecule has 0 atom stereocenters. The summed E-state index contributed by atoms with van der Waals surface area (Å²) in [5.41, 5.74) is 3.60. The Morgan fingerprint density at radius 2 is 1.60 bits per heavy atom. The van der Waals surface area contributed by atoms with Gasteiger partial charge in [0.15, 0.2) is 0 Å². The highest BCUT2D eigenvalue weighted by Gasteiger charge is 2.07. The molecule has 15 heavy (non-hydrogen) atoms. The van der Waals surface area contributed by atoms with Crippen LogP contribution >= 0.6 is 0 Å². The van der Waals surface area contributed by atoms with Crippen molar-refractivity contribution in [1.82, 2.24) is 14.9 Å². The van der Waals surface area contributed by atoms with E-state index < -0.39 is 0 Å². The van der Waals surface area contributed by atoms with Crippen LogP contribution in [0.2, 0.25) is 0 Å². The molecular weight excluding hydrogens is 186 g/mol. The number of hydrogen-bond donors (Lipinski definition) is 0. The molecule has 0 saturated carbocycles. The van der Waals surface area contributed by atoms with Crippen molar-refractivity contribution in [3.05, 3.63) is 22.8 Å². The largest absolute Gasteiger partial charge is 0.302 e. The van der Waals surface area contributed by atoms with Gasteiger partial charge in [0.05, 0.1) is 6.54 Å². The van der Waals surface area contributed by atoms with E-state index in [0.29, 0.717) is 0 Å². The second-order valence-corrected chi connectivity index (χ2v) is 4.28. The van der Waals surface area contributed by atoms with E-state index in [0.717, 1.165) is 36.6 Å². The fraction of sp³-hybridized carbons (Fsp3) is 0.667. The number of aryl methyl sites for hydroxylation is 2. The zero-order chi connectivity index (χ0) is 11.4. The Morgan fingerprint density at radius 3 is 2.00 bits per heavy atom. The van der Waals surface area contributed by atoms with Crippen molar-refractivity contribution in [2.45, 2.75) is 40.2 Å². The minimum atomic E-state index is 0.814. The fourth-order valence-electron chi connectivity index (χ4n) is 1.77. The molecule has 1 heterocycles.